The molecule has 1 aromatic heterocycles. The summed E-state index contributed by atoms with van der Waals surface area (Å²) in [5, 5.41) is 0. The minimum absolute atomic E-state index is 0.0834. The van der Waals surface area contributed by atoms with Gasteiger partial charge in [-0.05, 0) is 12.1 Å². The van der Waals surface area contributed by atoms with E-state index in [-0.39, 0.29) is 37.5 Å². The molecule has 3 nitrogen and oxygen atoms in total. The molecule has 1 aliphatic rings. The van der Waals surface area contributed by atoms with Crippen molar-refractivity contribution < 1.29 is 13.6 Å². The average molecular weight is 305 g/mol. The Hall–Kier alpha value is -1.04. The summed E-state index contributed by atoms with van der Waals surface area (Å²) in [6.45, 7) is 0.167. The Bertz CT molecular complexity index is 429. The summed E-state index contributed by atoms with van der Waals surface area (Å²) < 4.78 is 26.6. The van der Waals surface area contributed by atoms with Gasteiger partial charge in [0, 0.05) is 36.6 Å². The predicted octanol–water partition coefficient (Wildman–Crippen LogP) is 2.72. The monoisotopic (exact) mass is 304 g/mol. The van der Waals surface area contributed by atoms with Crippen LogP contribution in [0.1, 0.15) is 23.3 Å². The van der Waals surface area contributed by atoms with Crippen LogP contribution in [0.4, 0.5) is 8.78 Å². The Morgan fingerprint density at radius 3 is 2.65 bits per heavy atom. The van der Waals surface area contributed by atoms with E-state index in [4.69, 9.17) is 0 Å². The molecule has 1 amide bonds. The number of hydrogen-bond acceptors (Lipinski definition) is 2. The van der Waals surface area contributed by atoms with E-state index in [1.165, 1.54) is 11.1 Å². The molecule has 2 rings (SSSR count). The second-order valence-corrected chi connectivity index (χ2v) is 4.92. The Kier molecular flexibility index (Phi) is 3.42. The lowest BCUT2D eigenvalue weighted by Gasteiger charge is -2.31. The van der Waals surface area contributed by atoms with Gasteiger partial charge in [-0.15, -0.1) is 0 Å². The van der Waals surface area contributed by atoms with Crippen molar-refractivity contribution in [2.75, 3.05) is 13.1 Å². The molecule has 17 heavy (non-hydrogen) atoms. The molecule has 1 saturated heterocycles. The molecule has 0 bridgehead atoms. The molecule has 1 aliphatic heterocycles. The molecule has 6 heteroatoms. The van der Waals surface area contributed by atoms with Gasteiger partial charge < -0.3 is 4.90 Å². The first-order valence-electron chi connectivity index (χ1n) is 5.27. The number of nitrogens with zero attached hydrogens (tertiary/aromatic N) is 2. The predicted molar refractivity (Wildman–Crippen MR) is 62.0 cm³/mol. The van der Waals surface area contributed by atoms with Gasteiger partial charge in [-0.1, -0.05) is 15.9 Å². The molecule has 1 fully saturated rings. The summed E-state index contributed by atoms with van der Waals surface area (Å²) in [5.41, 5.74) is 0.282. The van der Waals surface area contributed by atoms with Gasteiger partial charge in [0.1, 0.15) is 5.69 Å². The summed E-state index contributed by atoms with van der Waals surface area (Å²) in [6, 6.07) is 3.30. The van der Waals surface area contributed by atoms with E-state index in [1.807, 2.05) is 0 Å². The second kappa shape index (κ2) is 4.68. The van der Waals surface area contributed by atoms with Crippen LogP contribution in [0.25, 0.3) is 0 Å². The molecule has 0 unspecified atom stereocenters. The Morgan fingerprint density at radius 1 is 1.41 bits per heavy atom. The topological polar surface area (TPSA) is 33.2 Å². The minimum atomic E-state index is -2.64. The third-order valence-corrected chi connectivity index (χ3v) is 3.22. The third-order valence-electron chi connectivity index (χ3n) is 2.72. The molecule has 0 saturated carbocycles. The Labute approximate surface area is 106 Å². The Morgan fingerprint density at radius 2 is 2.06 bits per heavy atom. The summed E-state index contributed by atoms with van der Waals surface area (Å²) in [5.74, 6) is -2.93. The van der Waals surface area contributed by atoms with Gasteiger partial charge in [0.2, 0.25) is 0 Å². The lowest BCUT2D eigenvalue weighted by molar-refractivity contribution is -0.0495. The van der Waals surface area contributed by atoms with E-state index < -0.39 is 5.92 Å². The van der Waals surface area contributed by atoms with Gasteiger partial charge in [-0.3, -0.25) is 9.78 Å². The van der Waals surface area contributed by atoms with E-state index in [1.54, 1.807) is 12.1 Å². The van der Waals surface area contributed by atoms with Crippen LogP contribution in [0.3, 0.4) is 0 Å². The number of amides is 1. The number of hydrogen-bond donors (Lipinski definition) is 0. The van der Waals surface area contributed by atoms with Gasteiger partial charge >= 0.3 is 0 Å². The zero-order valence-corrected chi connectivity index (χ0v) is 10.6. The minimum Gasteiger partial charge on any atom is -0.337 e. The van der Waals surface area contributed by atoms with E-state index in [0.29, 0.717) is 0 Å². The average Bonchev–Trinajstić information content (AvgIpc) is 2.28. The normalized spacial score (nSPS) is 19.1. The SMILES string of the molecule is O=C(c1cc(Br)ccn1)N1CCC(F)(F)CC1. The fourth-order valence-electron chi connectivity index (χ4n) is 1.72. The standard InChI is InChI=1S/C11H11BrF2N2O/c12-8-1-4-15-9(7-8)10(17)16-5-2-11(13,14)3-6-16/h1,4,7H,2-3,5-6H2. The number of pyridine rings is 1. The van der Waals surface area contributed by atoms with Crippen LogP contribution in [0.2, 0.25) is 0 Å². The largest absolute Gasteiger partial charge is 0.337 e. The quantitative estimate of drug-likeness (QED) is 0.799. The highest BCUT2D eigenvalue weighted by atomic mass is 79.9. The molecule has 0 N–H and O–H groups in total. The van der Waals surface area contributed by atoms with E-state index in [0.717, 1.165) is 4.47 Å². The second-order valence-electron chi connectivity index (χ2n) is 4.01. The van der Waals surface area contributed by atoms with Crippen molar-refractivity contribution in [3.63, 3.8) is 0 Å². The first-order chi connectivity index (χ1) is 7.98. The van der Waals surface area contributed by atoms with Crippen LogP contribution in [0.5, 0.6) is 0 Å². The fraction of sp³-hybridized carbons (Fsp3) is 0.455. The van der Waals surface area contributed by atoms with Crippen molar-refractivity contribution >= 4 is 21.8 Å². The molecule has 0 aliphatic carbocycles. The number of rotatable bonds is 1. The van der Waals surface area contributed by atoms with Crippen molar-refractivity contribution in [3.05, 3.63) is 28.5 Å². The third kappa shape index (κ3) is 3.00. The van der Waals surface area contributed by atoms with Gasteiger partial charge in [0.25, 0.3) is 11.8 Å². The highest BCUT2D eigenvalue weighted by Crippen LogP contribution is 2.28. The maximum Gasteiger partial charge on any atom is 0.272 e. The maximum atomic E-state index is 12.9. The van der Waals surface area contributed by atoms with Crippen LogP contribution in [-0.2, 0) is 0 Å². The highest BCUT2D eigenvalue weighted by molar-refractivity contribution is 9.10. The smallest absolute Gasteiger partial charge is 0.272 e. The van der Waals surface area contributed by atoms with Crippen molar-refractivity contribution in [2.45, 2.75) is 18.8 Å². The van der Waals surface area contributed by atoms with E-state index >= 15 is 0 Å². The van der Waals surface area contributed by atoms with Crippen LogP contribution < -0.4 is 0 Å². The molecule has 0 radical (unpaired) electrons. The highest BCUT2D eigenvalue weighted by Gasteiger charge is 2.35. The van der Waals surface area contributed by atoms with Crippen molar-refractivity contribution in [3.8, 4) is 0 Å². The number of carbonyl (C=O) groups is 1. The fourth-order valence-corrected chi connectivity index (χ4v) is 2.06. The van der Waals surface area contributed by atoms with E-state index in [9.17, 15) is 13.6 Å². The Balaban J connectivity index is 2.07. The van der Waals surface area contributed by atoms with E-state index in [2.05, 4.69) is 20.9 Å². The zero-order valence-electron chi connectivity index (χ0n) is 9.00. The van der Waals surface area contributed by atoms with Gasteiger partial charge in [-0.25, -0.2) is 8.78 Å². The maximum absolute atomic E-state index is 12.9. The lowest BCUT2D eigenvalue weighted by atomic mass is 10.1. The molecule has 0 aromatic carbocycles. The van der Waals surface area contributed by atoms with Gasteiger partial charge in [-0.2, -0.15) is 0 Å². The first-order valence-corrected chi connectivity index (χ1v) is 6.06. The molecule has 1 aromatic rings. The van der Waals surface area contributed by atoms with Crippen LogP contribution in [-0.4, -0.2) is 34.8 Å². The number of likely N-dealkylation sites (tertiary alicyclic amines) is 1. The summed E-state index contributed by atoms with van der Waals surface area (Å²) in [4.78, 5) is 17.3. The lowest BCUT2D eigenvalue weighted by Crippen LogP contribution is -2.42. The molecular formula is C11H11BrF2N2O. The van der Waals surface area contributed by atoms with Gasteiger partial charge in [0.15, 0.2) is 0 Å². The first kappa shape index (κ1) is 12.4. The number of aromatic nitrogens is 1. The summed E-state index contributed by atoms with van der Waals surface area (Å²) in [6.07, 6.45) is 0.968. The zero-order chi connectivity index (χ0) is 12.5. The number of halogens is 3. The molecule has 0 atom stereocenters. The molecule has 2 heterocycles. The van der Waals surface area contributed by atoms with Crippen LogP contribution in [0.15, 0.2) is 22.8 Å². The number of piperidine rings is 1. The van der Waals surface area contributed by atoms with Crippen molar-refractivity contribution in [1.29, 1.82) is 0 Å². The van der Waals surface area contributed by atoms with Gasteiger partial charge in [0.05, 0.1) is 0 Å². The molecule has 92 valence electrons. The molecule has 0 spiro atoms. The van der Waals surface area contributed by atoms with Crippen LogP contribution >= 0.6 is 15.9 Å². The van der Waals surface area contributed by atoms with Crippen molar-refractivity contribution in [1.82, 2.24) is 9.88 Å². The summed E-state index contributed by atoms with van der Waals surface area (Å²) >= 11 is 3.24. The van der Waals surface area contributed by atoms with Crippen molar-refractivity contribution in [2.24, 2.45) is 0 Å². The summed E-state index contributed by atoms with van der Waals surface area (Å²) in [7, 11) is 0. The number of alkyl halides is 2. The van der Waals surface area contributed by atoms with Crippen LogP contribution in [0, 0.1) is 0 Å². The number of carbonyl (C=O) groups excluding carboxylic acids is 1. The molecular weight excluding hydrogens is 294 g/mol.